The minimum Gasteiger partial charge on any atom is -0.0885 e. The molecule has 0 heterocycles. The molecule has 118 valence electrons. The van der Waals surface area contributed by atoms with E-state index in [1.807, 2.05) is 0 Å². The highest BCUT2D eigenvalue weighted by molar-refractivity contribution is 4.81. The molecule has 20 heavy (non-hydrogen) atoms. The van der Waals surface area contributed by atoms with Crippen molar-refractivity contribution in [2.75, 3.05) is 0 Å². The third-order valence-electron chi connectivity index (χ3n) is 4.66. The van der Waals surface area contributed by atoms with Crippen LogP contribution in [0.1, 0.15) is 116 Å². The number of allylic oxidation sites excluding steroid dienone is 2. The predicted octanol–water partition coefficient (Wildman–Crippen LogP) is 7.58. The van der Waals surface area contributed by atoms with Crippen molar-refractivity contribution >= 4 is 0 Å². The largest absolute Gasteiger partial charge is 0.0885 e. The molecule has 0 aromatic heterocycles. The maximum Gasteiger partial charge on any atom is -0.0351 e. The van der Waals surface area contributed by atoms with Crippen LogP contribution in [0.5, 0.6) is 0 Å². The quantitative estimate of drug-likeness (QED) is 0.401. The van der Waals surface area contributed by atoms with Crippen molar-refractivity contribution in [2.24, 2.45) is 0 Å². The average molecular weight is 279 g/mol. The summed E-state index contributed by atoms with van der Waals surface area (Å²) in [6.45, 7) is 0. The molecule has 0 aromatic rings. The van der Waals surface area contributed by atoms with Gasteiger partial charge in [0.15, 0.2) is 0 Å². The van der Waals surface area contributed by atoms with Crippen LogP contribution in [0.15, 0.2) is 12.2 Å². The van der Waals surface area contributed by atoms with Gasteiger partial charge < -0.3 is 0 Å². The number of hydrogen-bond acceptors (Lipinski definition) is 0. The lowest BCUT2D eigenvalue weighted by Gasteiger charge is -2.04. The van der Waals surface area contributed by atoms with Crippen LogP contribution in [0, 0.1) is 0 Å². The molecule has 0 saturated heterocycles. The first-order chi connectivity index (χ1) is 10.0. The van der Waals surface area contributed by atoms with Crippen molar-refractivity contribution in [1.82, 2.24) is 0 Å². The molecule has 0 spiro atoms. The van der Waals surface area contributed by atoms with Gasteiger partial charge in [-0.15, -0.1) is 0 Å². The summed E-state index contributed by atoms with van der Waals surface area (Å²) in [6.07, 6.45) is 31.0. The van der Waals surface area contributed by atoms with E-state index in [1.54, 1.807) is 0 Å². The average Bonchev–Trinajstić information content (AvgIpc) is 2.46. The zero-order valence-corrected chi connectivity index (χ0v) is 13.9. The molecule has 0 unspecified atom stereocenters. The molecule has 1 aliphatic rings. The molecular weight excluding hydrogens is 240 g/mol. The molecule has 0 atom stereocenters. The molecule has 0 N–H and O–H groups in total. The standard InChI is InChI=1S/C20H38/c1-2-4-6-8-10-12-14-16-18-20-19-17-15-13-11-9-7-5-3-1/h1-2H,3-20H2/b2-1-. The lowest BCUT2D eigenvalue weighted by molar-refractivity contribution is 0.527. The summed E-state index contributed by atoms with van der Waals surface area (Å²) >= 11 is 0. The summed E-state index contributed by atoms with van der Waals surface area (Å²) in [6, 6.07) is 0. The summed E-state index contributed by atoms with van der Waals surface area (Å²) in [4.78, 5) is 0. The molecule has 0 amide bonds. The van der Waals surface area contributed by atoms with Crippen LogP contribution >= 0.6 is 0 Å². The molecule has 0 saturated carbocycles. The number of rotatable bonds is 0. The van der Waals surface area contributed by atoms with Gasteiger partial charge in [-0.2, -0.15) is 0 Å². The summed E-state index contributed by atoms with van der Waals surface area (Å²) in [5.41, 5.74) is 0. The van der Waals surface area contributed by atoms with Gasteiger partial charge >= 0.3 is 0 Å². The van der Waals surface area contributed by atoms with Crippen molar-refractivity contribution in [3.63, 3.8) is 0 Å². The highest BCUT2D eigenvalue weighted by atomic mass is 14.0. The Bertz CT molecular complexity index is 182. The molecule has 0 bridgehead atoms. The van der Waals surface area contributed by atoms with E-state index in [1.165, 1.54) is 116 Å². The Morgan fingerprint density at radius 2 is 0.450 bits per heavy atom. The van der Waals surface area contributed by atoms with E-state index < -0.39 is 0 Å². The second-order valence-corrected chi connectivity index (χ2v) is 6.71. The third-order valence-corrected chi connectivity index (χ3v) is 4.66. The Morgan fingerprint density at radius 3 is 0.700 bits per heavy atom. The van der Waals surface area contributed by atoms with Crippen molar-refractivity contribution in [3.8, 4) is 0 Å². The Morgan fingerprint density at radius 1 is 0.250 bits per heavy atom. The third kappa shape index (κ3) is 12.8. The normalized spacial score (nSPS) is 24.8. The molecular formula is C20H38. The van der Waals surface area contributed by atoms with Gasteiger partial charge in [0.1, 0.15) is 0 Å². The van der Waals surface area contributed by atoms with Crippen LogP contribution in [0.2, 0.25) is 0 Å². The van der Waals surface area contributed by atoms with Gasteiger partial charge in [-0.05, 0) is 25.7 Å². The Kier molecular flexibility index (Phi) is 13.5. The smallest absolute Gasteiger partial charge is 0.0351 e. The first-order valence-corrected chi connectivity index (χ1v) is 9.65. The monoisotopic (exact) mass is 278 g/mol. The second kappa shape index (κ2) is 15.1. The zero-order valence-electron chi connectivity index (χ0n) is 13.9. The molecule has 0 fully saturated rings. The van der Waals surface area contributed by atoms with Gasteiger partial charge in [0.25, 0.3) is 0 Å². The van der Waals surface area contributed by atoms with Crippen molar-refractivity contribution in [3.05, 3.63) is 12.2 Å². The fourth-order valence-electron chi connectivity index (χ4n) is 3.23. The van der Waals surface area contributed by atoms with E-state index in [4.69, 9.17) is 0 Å². The first kappa shape index (κ1) is 17.8. The molecule has 0 aliphatic heterocycles. The Hall–Kier alpha value is -0.260. The fourth-order valence-corrected chi connectivity index (χ4v) is 3.23. The molecule has 1 rings (SSSR count). The van der Waals surface area contributed by atoms with E-state index in [9.17, 15) is 0 Å². The first-order valence-electron chi connectivity index (χ1n) is 9.65. The fraction of sp³-hybridized carbons (Fsp3) is 0.900. The minimum atomic E-state index is 1.32. The number of hydrogen-bond donors (Lipinski definition) is 0. The van der Waals surface area contributed by atoms with E-state index in [-0.39, 0.29) is 0 Å². The van der Waals surface area contributed by atoms with Crippen molar-refractivity contribution in [2.45, 2.75) is 116 Å². The van der Waals surface area contributed by atoms with Crippen LogP contribution < -0.4 is 0 Å². The lowest BCUT2D eigenvalue weighted by Crippen LogP contribution is -1.84. The molecule has 0 aromatic carbocycles. The van der Waals surface area contributed by atoms with Gasteiger partial charge in [0.05, 0.1) is 0 Å². The lowest BCUT2D eigenvalue weighted by atomic mass is 10.0. The molecule has 1 aliphatic carbocycles. The van der Waals surface area contributed by atoms with E-state index in [0.29, 0.717) is 0 Å². The van der Waals surface area contributed by atoms with Crippen LogP contribution in [0.25, 0.3) is 0 Å². The Balaban J connectivity index is 2.06. The van der Waals surface area contributed by atoms with Gasteiger partial charge in [0, 0.05) is 0 Å². The summed E-state index contributed by atoms with van der Waals surface area (Å²) in [5, 5.41) is 0. The maximum absolute atomic E-state index is 2.43. The second-order valence-electron chi connectivity index (χ2n) is 6.71. The maximum atomic E-state index is 2.43. The summed E-state index contributed by atoms with van der Waals surface area (Å²) in [7, 11) is 0. The van der Waals surface area contributed by atoms with E-state index in [0.717, 1.165) is 0 Å². The van der Waals surface area contributed by atoms with Gasteiger partial charge in [-0.1, -0.05) is 102 Å². The topological polar surface area (TPSA) is 0 Å². The minimum absolute atomic E-state index is 1.32. The Labute approximate surface area is 128 Å². The van der Waals surface area contributed by atoms with Gasteiger partial charge in [0.2, 0.25) is 0 Å². The summed E-state index contributed by atoms with van der Waals surface area (Å²) < 4.78 is 0. The highest BCUT2D eigenvalue weighted by Crippen LogP contribution is 2.15. The highest BCUT2D eigenvalue weighted by Gasteiger charge is 1.95. The van der Waals surface area contributed by atoms with Crippen molar-refractivity contribution in [1.29, 1.82) is 0 Å². The van der Waals surface area contributed by atoms with Gasteiger partial charge in [-0.25, -0.2) is 0 Å². The van der Waals surface area contributed by atoms with Gasteiger partial charge in [-0.3, -0.25) is 0 Å². The molecule has 0 nitrogen and oxygen atoms in total. The van der Waals surface area contributed by atoms with Crippen LogP contribution in [0.3, 0.4) is 0 Å². The zero-order chi connectivity index (χ0) is 14.1. The van der Waals surface area contributed by atoms with E-state index >= 15 is 0 Å². The van der Waals surface area contributed by atoms with Crippen LogP contribution in [-0.4, -0.2) is 0 Å². The molecule has 0 heteroatoms. The van der Waals surface area contributed by atoms with Crippen molar-refractivity contribution < 1.29 is 0 Å². The predicted molar refractivity (Wildman–Crippen MR) is 92.2 cm³/mol. The van der Waals surface area contributed by atoms with Crippen LogP contribution in [0.4, 0.5) is 0 Å². The van der Waals surface area contributed by atoms with Crippen LogP contribution in [-0.2, 0) is 0 Å². The summed E-state index contributed by atoms with van der Waals surface area (Å²) in [5.74, 6) is 0. The SMILES string of the molecule is C1=C\CCCCCCCCCCCCCCCCCC/1. The van der Waals surface area contributed by atoms with E-state index in [2.05, 4.69) is 12.2 Å². The molecule has 0 radical (unpaired) electrons.